The molecule has 1 amide bonds. The number of rotatable bonds is 15. The van der Waals surface area contributed by atoms with E-state index in [9.17, 15) is 9.90 Å². The van der Waals surface area contributed by atoms with Crippen LogP contribution in [0.4, 0.5) is 0 Å². The summed E-state index contributed by atoms with van der Waals surface area (Å²) in [5.74, 6) is 0.149. The number of aliphatic hydroxyl groups excluding tert-OH is 1. The van der Waals surface area contributed by atoms with E-state index in [1.165, 1.54) is 38.5 Å². The van der Waals surface area contributed by atoms with Crippen molar-refractivity contribution in [2.45, 2.75) is 96.5 Å². The van der Waals surface area contributed by atoms with Crippen LogP contribution in [0.15, 0.2) is 12.2 Å². The zero-order chi connectivity index (χ0) is 16.5. The molecule has 0 bridgehead atoms. The number of hydrogen-bond acceptors (Lipinski definition) is 2. The smallest absolute Gasteiger partial charge is 0.219 e. The second-order valence-corrected chi connectivity index (χ2v) is 6.19. The van der Waals surface area contributed by atoms with Crippen LogP contribution in [0.2, 0.25) is 0 Å². The van der Waals surface area contributed by atoms with E-state index in [1.54, 1.807) is 7.05 Å². The van der Waals surface area contributed by atoms with Gasteiger partial charge in [-0.05, 0) is 32.1 Å². The third kappa shape index (κ3) is 15.6. The molecule has 0 aromatic carbocycles. The summed E-state index contributed by atoms with van der Waals surface area (Å²) in [5.41, 5.74) is 0. The molecule has 3 heteroatoms. The molecule has 2 N–H and O–H groups in total. The number of nitrogens with one attached hydrogen (secondary N) is 1. The van der Waals surface area contributed by atoms with E-state index in [2.05, 4.69) is 24.4 Å². The standard InChI is InChI=1S/C19H37NO2/c1-3-4-5-12-15-18(21)16-13-10-8-6-7-9-11-14-17-19(22)20-2/h10,13,18,21H,3-9,11-12,14-17H2,1-2H3,(H,20,22)/b13-10-/t18-/m1/s1. The summed E-state index contributed by atoms with van der Waals surface area (Å²) in [6.45, 7) is 2.21. The van der Waals surface area contributed by atoms with Gasteiger partial charge < -0.3 is 10.4 Å². The van der Waals surface area contributed by atoms with Gasteiger partial charge in [0.15, 0.2) is 0 Å². The highest BCUT2D eigenvalue weighted by atomic mass is 16.3. The molecule has 1 atom stereocenters. The van der Waals surface area contributed by atoms with Crippen LogP contribution in [0.3, 0.4) is 0 Å². The first kappa shape index (κ1) is 21.2. The molecule has 0 aliphatic heterocycles. The molecule has 0 radical (unpaired) electrons. The van der Waals surface area contributed by atoms with Crippen molar-refractivity contribution in [3.63, 3.8) is 0 Å². The van der Waals surface area contributed by atoms with Crippen LogP contribution in [0.5, 0.6) is 0 Å². The van der Waals surface area contributed by atoms with Gasteiger partial charge in [-0.3, -0.25) is 4.79 Å². The monoisotopic (exact) mass is 311 g/mol. The van der Waals surface area contributed by atoms with Gasteiger partial charge >= 0.3 is 0 Å². The van der Waals surface area contributed by atoms with Crippen LogP contribution in [-0.2, 0) is 4.79 Å². The summed E-state index contributed by atoms with van der Waals surface area (Å²) in [7, 11) is 1.69. The molecule has 22 heavy (non-hydrogen) atoms. The molecule has 0 aliphatic carbocycles. The first-order valence-electron chi connectivity index (χ1n) is 9.24. The molecule has 0 spiro atoms. The fourth-order valence-corrected chi connectivity index (χ4v) is 2.50. The third-order valence-electron chi connectivity index (χ3n) is 4.02. The Hall–Kier alpha value is -0.830. The van der Waals surface area contributed by atoms with Gasteiger partial charge in [0.25, 0.3) is 0 Å². The number of carbonyl (C=O) groups is 1. The highest BCUT2D eigenvalue weighted by Crippen LogP contribution is 2.10. The van der Waals surface area contributed by atoms with E-state index in [0.29, 0.717) is 6.42 Å². The molecular formula is C19H37NO2. The van der Waals surface area contributed by atoms with Gasteiger partial charge in [0.05, 0.1) is 6.10 Å². The topological polar surface area (TPSA) is 49.3 Å². The molecule has 0 aromatic rings. The van der Waals surface area contributed by atoms with Gasteiger partial charge in [-0.25, -0.2) is 0 Å². The van der Waals surface area contributed by atoms with Gasteiger partial charge in [-0.1, -0.05) is 64.0 Å². The van der Waals surface area contributed by atoms with Crippen molar-refractivity contribution in [3.8, 4) is 0 Å². The zero-order valence-electron chi connectivity index (χ0n) is 14.8. The second kappa shape index (κ2) is 16.5. The molecule has 0 aliphatic rings. The lowest BCUT2D eigenvalue weighted by Crippen LogP contribution is -2.16. The summed E-state index contributed by atoms with van der Waals surface area (Å²) in [6.07, 6.45) is 18.4. The highest BCUT2D eigenvalue weighted by molar-refractivity contribution is 5.75. The lowest BCUT2D eigenvalue weighted by Gasteiger charge is -2.07. The van der Waals surface area contributed by atoms with Crippen molar-refractivity contribution >= 4 is 5.91 Å². The number of carbonyl (C=O) groups excluding carboxylic acids is 1. The molecular weight excluding hydrogens is 274 g/mol. The summed E-state index contributed by atoms with van der Waals surface area (Å²) < 4.78 is 0. The average molecular weight is 312 g/mol. The largest absolute Gasteiger partial charge is 0.393 e. The van der Waals surface area contributed by atoms with Crippen LogP contribution in [-0.4, -0.2) is 24.2 Å². The zero-order valence-corrected chi connectivity index (χ0v) is 14.8. The van der Waals surface area contributed by atoms with E-state index in [0.717, 1.165) is 38.5 Å². The number of hydrogen-bond donors (Lipinski definition) is 2. The van der Waals surface area contributed by atoms with Crippen LogP contribution in [0, 0.1) is 0 Å². The van der Waals surface area contributed by atoms with E-state index in [1.807, 2.05) is 0 Å². The molecule has 0 aromatic heterocycles. The Balaban J connectivity index is 3.28. The van der Waals surface area contributed by atoms with E-state index >= 15 is 0 Å². The Morgan fingerprint density at radius 1 is 1.00 bits per heavy atom. The van der Waals surface area contributed by atoms with Gasteiger partial charge in [0, 0.05) is 13.5 Å². The van der Waals surface area contributed by atoms with Crippen LogP contribution >= 0.6 is 0 Å². The fraction of sp³-hybridized carbons (Fsp3) is 0.842. The normalized spacial score (nSPS) is 12.7. The van der Waals surface area contributed by atoms with Gasteiger partial charge in [-0.15, -0.1) is 0 Å². The van der Waals surface area contributed by atoms with Crippen molar-refractivity contribution in [2.75, 3.05) is 7.05 Å². The summed E-state index contributed by atoms with van der Waals surface area (Å²) >= 11 is 0. The molecule has 0 unspecified atom stereocenters. The maximum Gasteiger partial charge on any atom is 0.219 e. The van der Waals surface area contributed by atoms with E-state index in [-0.39, 0.29) is 12.0 Å². The van der Waals surface area contributed by atoms with Gasteiger partial charge in [0.2, 0.25) is 5.91 Å². The van der Waals surface area contributed by atoms with Crippen molar-refractivity contribution < 1.29 is 9.90 Å². The maximum absolute atomic E-state index is 11.0. The lowest BCUT2D eigenvalue weighted by atomic mass is 10.1. The number of amides is 1. The minimum absolute atomic E-state index is 0.149. The highest BCUT2D eigenvalue weighted by Gasteiger charge is 2.00. The Bertz CT molecular complexity index is 277. The van der Waals surface area contributed by atoms with Gasteiger partial charge in [0.1, 0.15) is 0 Å². The van der Waals surface area contributed by atoms with Crippen molar-refractivity contribution in [1.29, 1.82) is 0 Å². The predicted molar refractivity (Wildman–Crippen MR) is 94.9 cm³/mol. The number of allylic oxidation sites excluding steroid dienone is 1. The Morgan fingerprint density at radius 2 is 1.68 bits per heavy atom. The van der Waals surface area contributed by atoms with E-state index in [4.69, 9.17) is 0 Å². The molecule has 3 nitrogen and oxygen atoms in total. The minimum Gasteiger partial charge on any atom is -0.393 e. The molecule has 0 heterocycles. The minimum atomic E-state index is -0.155. The Labute approximate surface area is 137 Å². The fourth-order valence-electron chi connectivity index (χ4n) is 2.50. The molecule has 0 saturated carbocycles. The first-order chi connectivity index (χ1) is 10.7. The van der Waals surface area contributed by atoms with Crippen LogP contribution in [0.25, 0.3) is 0 Å². The molecule has 0 rings (SSSR count). The average Bonchev–Trinajstić information content (AvgIpc) is 2.53. The Kier molecular flexibility index (Phi) is 15.9. The maximum atomic E-state index is 11.0. The Morgan fingerprint density at radius 3 is 2.41 bits per heavy atom. The van der Waals surface area contributed by atoms with Crippen LogP contribution < -0.4 is 5.32 Å². The third-order valence-corrected chi connectivity index (χ3v) is 4.02. The first-order valence-corrected chi connectivity index (χ1v) is 9.24. The van der Waals surface area contributed by atoms with Crippen molar-refractivity contribution in [2.24, 2.45) is 0 Å². The second-order valence-electron chi connectivity index (χ2n) is 6.19. The van der Waals surface area contributed by atoms with Crippen molar-refractivity contribution in [3.05, 3.63) is 12.2 Å². The van der Waals surface area contributed by atoms with Crippen LogP contribution in [0.1, 0.15) is 90.4 Å². The summed E-state index contributed by atoms with van der Waals surface area (Å²) in [4.78, 5) is 11.0. The SMILES string of the molecule is CCCCCC[C@@H](O)C/C=C\CCCCCCCC(=O)NC. The van der Waals surface area contributed by atoms with Gasteiger partial charge in [-0.2, -0.15) is 0 Å². The predicted octanol–water partition coefficient (Wildman–Crippen LogP) is 4.74. The lowest BCUT2D eigenvalue weighted by molar-refractivity contribution is -0.120. The summed E-state index contributed by atoms with van der Waals surface area (Å²) in [5, 5.41) is 12.5. The summed E-state index contributed by atoms with van der Waals surface area (Å²) in [6, 6.07) is 0. The molecule has 0 fully saturated rings. The van der Waals surface area contributed by atoms with Crippen molar-refractivity contribution in [1.82, 2.24) is 5.32 Å². The number of aliphatic hydroxyl groups is 1. The molecule has 130 valence electrons. The number of unbranched alkanes of at least 4 members (excludes halogenated alkanes) is 8. The quantitative estimate of drug-likeness (QED) is 0.339. The van der Waals surface area contributed by atoms with E-state index < -0.39 is 0 Å². The molecule has 0 saturated heterocycles.